The number of carbonyl (C=O) groups excluding carboxylic acids is 1. The fourth-order valence-corrected chi connectivity index (χ4v) is 6.62. The number of ether oxygens (including phenoxy) is 1. The zero-order chi connectivity index (χ0) is 26.1. The van der Waals surface area contributed by atoms with Gasteiger partial charge < -0.3 is 19.6 Å². The number of nitrogens with zero attached hydrogens (tertiary/aromatic N) is 2. The summed E-state index contributed by atoms with van der Waals surface area (Å²) in [4.78, 5) is 18.0. The van der Waals surface area contributed by atoms with Crippen LogP contribution in [0.3, 0.4) is 0 Å². The highest BCUT2D eigenvalue weighted by molar-refractivity contribution is 6.42. The molecule has 0 radical (unpaired) electrons. The molecule has 1 aliphatic carbocycles. The number of benzene rings is 2. The lowest BCUT2D eigenvalue weighted by Crippen LogP contribution is -2.67. The predicted octanol–water partition coefficient (Wildman–Crippen LogP) is 5.59. The molecular formula is C29H38Cl2N2O3. The van der Waals surface area contributed by atoms with Crippen molar-refractivity contribution in [2.24, 2.45) is 5.92 Å². The number of likely N-dealkylation sites (tertiary alicyclic amines) is 1. The van der Waals surface area contributed by atoms with Crippen LogP contribution in [0.25, 0.3) is 0 Å². The molecule has 2 aliphatic rings. The number of aliphatic hydroxyl groups is 1. The molecule has 36 heavy (non-hydrogen) atoms. The third-order valence-corrected chi connectivity index (χ3v) is 8.84. The molecule has 1 heterocycles. The van der Waals surface area contributed by atoms with Crippen molar-refractivity contribution in [2.75, 3.05) is 33.8 Å². The van der Waals surface area contributed by atoms with Crippen LogP contribution in [0.15, 0.2) is 42.5 Å². The van der Waals surface area contributed by atoms with Crippen molar-refractivity contribution in [3.63, 3.8) is 0 Å². The molecule has 2 fully saturated rings. The summed E-state index contributed by atoms with van der Waals surface area (Å²) in [6, 6.07) is 13.6. The Morgan fingerprint density at radius 2 is 1.97 bits per heavy atom. The first-order valence-electron chi connectivity index (χ1n) is 12.9. The standard InChI is InChI=1S/C29H38Cl2N2O3/c1-20(2)18-33(27(34)15-21-8-9-25(30)26(31)14-21)23-10-11-29(35)19-32(3)13-12-28(29,17-23)22-6-5-7-24(16-22)36-4/h5-9,14,16,20,23,35H,10-13,15,17-19H2,1-4H3. The van der Waals surface area contributed by atoms with E-state index < -0.39 is 11.0 Å². The van der Waals surface area contributed by atoms with Crippen LogP contribution in [-0.2, 0) is 16.6 Å². The maximum Gasteiger partial charge on any atom is 0.227 e. The van der Waals surface area contributed by atoms with Gasteiger partial charge >= 0.3 is 0 Å². The minimum atomic E-state index is -0.862. The molecule has 5 nitrogen and oxygen atoms in total. The number of amides is 1. The molecule has 1 saturated heterocycles. The van der Waals surface area contributed by atoms with E-state index >= 15 is 0 Å². The highest BCUT2D eigenvalue weighted by atomic mass is 35.5. The fourth-order valence-electron chi connectivity index (χ4n) is 6.30. The summed E-state index contributed by atoms with van der Waals surface area (Å²) < 4.78 is 5.55. The number of carbonyl (C=O) groups is 1. The lowest BCUT2D eigenvalue weighted by atomic mass is 9.55. The lowest BCUT2D eigenvalue weighted by Gasteiger charge is -2.59. The first-order chi connectivity index (χ1) is 17.1. The number of methoxy groups -OCH3 is 1. The van der Waals surface area contributed by atoms with Gasteiger partial charge in [0.1, 0.15) is 5.75 Å². The van der Waals surface area contributed by atoms with Crippen LogP contribution < -0.4 is 4.74 Å². The van der Waals surface area contributed by atoms with E-state index in [1.54, 1.807) is 19.2 Å². The third kappa shape index (κ3) is 5.40. The summed E-state index contributed by atoms with van der Waals surface area (Å²) in [6.45, 7) is 6.49. The molecule has 0 spiro atoms. The molecule has 3 atom stereocenters. The highest BCUT2D eigenvalue weighted by Crippen LogP contribution is 2.52. The maximum atomic E-state index is 13.7. The lowest BCUT2D eigenvalue weighted by molar-refractivity contribution is -0.148. The van der Waals surface area contributed by atoms with Crippen molar-refractivity contribution in [1.29, 1.82) is 0 Å². The van der Waals surface area contributed by atoms with Crippen LogP contribution in [0.1, 0.15) is 50.7 Å². The maximum absolute atomic E-state index is 13.7. The second kappa shape index (κ2) is 10.9. The molecule has 0 aromatic heterocycles. The molecule has 2 aromatic rings. The van der Waals surface area contributed by atoms with E-state index in [9.17, 15) is 9.90 Å². The summed E-state index contributed by atoms with van der Waals surface area (Å²) in [5.74, 6) is 1.21. The Hall–Kier alpha value is -1.79. The van der Waals surface area contributed by atoms with Gasteiger partial charge in [-0.1, -0.05) is 55.2 Å². The Morgan fingerprint density at radius 3 is 2.67 bits per heavy atom. The van der Waals surface area contributed by atoms with Crippen LogP contribution >= 0.6 is 23.2 Å². The van der Waals surface area contributed by atoms with Crippen molar-refractivity contribution in [2.45, 2.75) is 63.0 Å². The summed E-state index contributed by atoms with van der Waals surface area (Å²) in [5, 5.41) is 13.1. The third-order valence-electron chi connectivity index (χ3n) is 8.10. The van der Waals surface area contributed by atoms with Crippen LogP contribution in [0.4, 0.5) is 0 Å². The molecule has 196 valence electrons. The number of hydrogen-bond acceptors (Lipinski definition) is 4. The van der Waals surface area contributed by atoms with Crippen LogP contribution in [0.2, 0.25) is 10.0 Å². The number of fused-ring (bicyclic) bond motifs is 1. The second-order valence-corrected chi connectivity index (χ2v) is 11.9. The van der Waals surface area contributed by atoms with Crippen molar-refractivity contribution in [3.05, 3.63) is 63.6 Å². The largest absolute Gasteiger partial charge is 0.497 e. The first kappa shape index (κ1) is 27.3. The quantitative estimate of drug-likeness (QED) is 0.505. The number of halogens is 2. The van der Waals surface area contributed by atoms with Gasteiger partial charge in [-0.3, -0.25) is 4.79 Å². The van der Waals surface area contributed by atoms with E-state index in [0.29, 0.717) is 35.5 Å². The Morgan fingerprint density at radius 1 is 1.19 bits per heavy atom. The first-order valence-corrected chi connectivity index (χ1v) is 13.6. The van der Waals surface area contributed by atoms with Gasteiger partial charge in [-0.05, 0) is 80.6 Å². The minimum absolute atomic E-state index is 0.0394. The second-order valence-electron chi connectivity index (χ2n) is 11.1. The van der Waals surface area contributed by atoms with Crippen LogP contribution in [0.5, 0.6) is 5.75 Å². The Labute approximate surface area is 225 Å². The van der Waals surface area contributed by atoms with Crippen molar-refractivity contribution >= 4 is 29.1 Å². The van der Waals surface area contributed by atoms with Crippen LogP contribution in [0, 0.1) is 5.92 Å². The number of hydrogen-bond donors (Lipinski definition) is 1. The summed E-state index contributed by atoms with van der Waals surface area (Å²) in [7, 11) is 3.75. The smallest absolute Gasteiger partial charge is 0.227 e. The average Bonchev–Trinajstić information content (AvgIpc) is 2.84. The van der Waals surface area contributed by atoms with Gasteiger partial charge in [0.25, 0.3) is 0 Å². The van der Waals surface area contributed by atoms with Crippen molar-refractivity contribution in [3.8, 4) is 5.75 Å². The fraction of sp³-hybridized carbons (Fsp3) is 0.552. The summed E-state index contributed by atoms with van der Waals surface area (Å²) in [5.41, 5.74) is 0.649. The van der Waals surface area contributed by atoms with Gasteiger partial charge in [-0.15, -0.1) is 0 Å². The SMILES string of the molecule is COc1cccc(C23CCN(C)CC2(O)CCC(N(CC(C)C)C(=O)Cc2ccc(Cl)c(Cl)c2)C3)c1. The molecule has 4 rings (SSSR count). The Balaban J connectivity index is 1.68. The van der Waals surface area contributed by atoms with Crippen molar-refractivity contribution in [1.82, 2.24) is 9.80 Å². The summed E-state index contributed by atoms with van der Waals surface area (Å²) in [6.07, 6.45) is 3.26. The number of β-amino-alcohol motifs (C(OH)–C–C–N with tert-alkyl or cyclic N) is 1. The monoisotopic (exact) mass is 532 g/mol. The molecule has 0 bridgehead atoms. The molecule has 1 aliphatic heterocycles. The van der Waals surface area contributed by atoms with E-state index in [4.69, 9.17) is 27.9 Å². The van der Waals surface area contributed by atoms with Gasteiger partial charge in [0.15, 0.2) is 0 Å². The normalized spacial score (nSPS) is 26.5. The molecule has 2 aromatic carbocycles. The Kier molecular flexibility index (Phi) is 8.25. The zero-order valence-corrected chi connectivity index (χ0v) is 23.3. The number of piperidine rings is 1. The number of rotatable bonds is 7. The topological polar surface area (TPSA) is 53.0 Å². The van der Waals surface area contributed by atoms with E-state index in [-0.39, 0.29) is 18.4 Å². The van der Waals surface area contributed by atoms with Gasteiger partial charge in [0, 0.05) is 24.5 Å². The van der Waals surface area contributed by atoms with Gasteiger partial charge in [0.2, 0.25) is 5.91 Å². The molecule has 7 heteroatoms. The highest BCUT2D eigenvalue weighted by Gasteiger charge is 2.58. The van der Waals surface area contributed by atoms with E-state index in [0.717, 1.165) is 42.7 Å². The molecule has 1 N–H and O–H groups in total. The van der Waals surface area contributed by atoms with E-state index in [2.05, 4.69) is 42.8 Å². The van der Waals surface area contributed by atoms with E-state index in [1.807, 2.05) is 18.2 Å². The summed E-state index contributed by atoms with van der Waals surface area (Å²) >= 11 is 12.3. The minimum Gasteiger partial charge on any atom is -0.497 e. The average molecular weight is 534 g/mol. The predicted molar refractivity (Wildman–Crippen MR) is 146 cm³/mol. The zero-order valence-electron chi connectivity index (χ0n) is 21.8. The molecule has 1 saturated carbocycles. The Bertz CT molecular complexity index is 1090. The molecular weight excluding hydrogens is 495 g/mol. The van der Waals surface area contributed by atoms with Gasteiger partial charge in [-0.25, -0.2) is 0 Å². The van der Waals surface area contributed by atoms with Gasteiger partial charge in [0.05, 0.1) is 29.2 Å². The van der Waals surface area contributed by atoms with Gasteiger partial charge in [-0.2, -0.15) is 0 Å². The van der Waals surface area contributed by atoms with Crippen LogP contribution in [-0.4, -0.2) is 66.2 Å². The molecule has 3 unspecified atom stereocenters. The van der Waals surface area contributed by atoms with E-state index in [1.165, 1.54) is 0 Å². The van der Waals surface area contributed by atoms with Crippen molar-refractivity contribution < 1.29 is 14.6 Å². The molecule has 1 amide bonds. The number of likely N-dealkylation sites (N-methyl/N-ethyl adjacent to an activating group) is 1.